The zero-order valence-corrected chi connectivity index (χ0v) is 18.5. The minimum atomic E-state index is -0.172. The van der Waals surface area contributed by atoms with Crippen molar-refractivity contribution in [2.45, 2.75) is 26.3 Å². The number of hydrogen-bond acceptors (Lipinski definition) is 5. The van der Waals surface area contributed by atoms with E-state index in [4.69, 9.17) is 4.98 Å². The average Bonchev–Trinajstić information content (AvgIpc) is 3.38. The van der Waals surface area contributed by atoms with Crippen molar-refractivity contribution < 1.29 is 4.79 Å². The van der Waals surface area contributed by atoms with E-state index in [2.05, 4.69) is 15.2 Å². The number of carbonyl (C=O) groups excluding carboxylic acids is 1. The molecule has 4 aromatic rings. The second-order valence-corrected chi connectivity index (χ2v) is 8.26. The summed E-state index contributed by atoms with van der Waals surface area (Å²) >= 11 is 0. The number of aryl methyl sites for hydroxylation is 1. The molecular weight excluding hydrogens is 414 g/mol. The van der Waals surface area contributed by atoms with Crippen LogP contribution in [0.25, 0.3) is 16.7 Å². The van der Waals surface area contributed by atoms with Crippen molar-refractivity contribution in [2.75, 3.05) is 18.0 Å². The molecule has 5 rings (SSSR count). The maximum absolute atomic E-state index is 12.9. The van der Waals surface area contributed by atoms with E-state index in [1.807, 2.05) is 37.3 Å². The number of nitrogens with zero attached hydrogens (tertiary/aromatic N) is 4. The zero-order chi connectivity index (χ0) is 22.8. The van der Waals surface area contributed by atoms with Gasteiger partial charge in [-0.2, -0.15) is 4.98 Å². The van der Waals surface area contributed by atoms with Crippen LogP contribution in [0.1, 0.15) is 34.5 Å². The van der Waals surface area contributed by atoms with Crippen molar-refractivity contribution in [3.63, 3.8) is 0 Å². The van der Waals surface area contributed by atoms with Crippen LogP contribution >= 0.6 is 0 Å². The number of nitrogens with one attached hydrogen (secondary N) is 1. The minimum absolute atomic E-state index is 0.162. The number of anilines is 1. The highest BCUT2D eigenvalue weighted by atomic mass is 16.1. The van der Waals surface area contributed by atoms with Gasteiger partial charge in [-0.05, 0) is 55.7 Å². The van der Waals surface area contributed by atoms with E-state index in [1.54, 1.807) is 34.9 Å². The van der Waals surface area contributed by atoms with Crippen LogP contribution in [0.4, 0.5) is 5.95 Å². The molecule has 0 bridgehead atoms. The molecular formula is C26H25N5O2. The predicted octanol–water partition coefficient (Wildman–Crippen LogP) is 3.62. The summed E-state index contributed by atoms with van der Waals surface area (Å²) in [5.74, 6) is 0.499. The zero-order valence-electron chi connectivity index (χ0n) is 18.5. The summed E-state index contributed by atoms with van der Waals surface area (Å²) < 4.78 is 1.59. The molecule has 7 nitrogen and oxygen atoms in total. The molecule has 0 spiro atoms. The van der Waals surface area contributed by atoms with Crippen LogP contribution in [-0.2, 0) is 6.54 Å². The molecule has 166 valence electrons. The van der Waals surface area contributed by atoms with Gasteiger partial charge >= 0.3 is 0 Å². The normalized spacial score (nSPS) is 13.4. The fourth-order valence-corrected chi connectivity index (χ4v) is 4.20. The molecule has 0 unspecified atom stereocenters. The Kier molecular flexibility index (Phi) is 5.60. The average molecular weight is 440 g/mol. The number of benzene rings is 2. The molecule has 1 saturated heterocycles. The Bertz CT molecular complexity index is 1360. The van der Waals surface area contributed by atoms with Gasteiger partial charge in [-0.15, -0.1) is 0 Å². The van der Waals surface area contributed by atoms with Crippen molar-refractivity contribution >= 4 is 22.9 Å². The lowest BCUT2D eigenvalue weighted by atomic mass is 10.1. The van der Waals surface area contributed by atoms with Gasteiger partial charge in [-0.3, -0.25) is 14.2 Å². The summed E-state index contributed by atoms with van der Waals surface area (Å²) in [5.41, 5.74) is 3.48. The molecule has 2 aromatic carbocycles. The van der Waals surface area contributed by atoms with Crippen LogP contribution in [0, 0.1) is 6.92 Å². The van der Waals surface area contributed by atoms with Crippen LogP contribution in [0.3, 0.4) is 0 Å². The number of aromatic nitrogens is 3. The number of fused-ring (bicyclic) bond motifs is 1. The molecule has 0 atom stereocenters. The van der Waals surface area contributed by atoms with E-state index in [1.165, 1.54) is 6.07 Å². The SMILES string of the molecule is Cc1nc(N2CCCC2)nc2c1ccc(=O)n2-c1ccc(C(=O)NCc2ccccc2)cc1. The van der Waals surface area contributed by atoms with E-state index < -0.39 is 0 Å². The maximum Gasteiger partial charge on any atom is 0.256 e. The molecule has 1 fully saturated rings. The summed E-state index contributed by atoms with van der Waals surface area (Å²) in [6, 6.07) is 20.1. The van der Waals surface area contributed by atoms with Gasteiger partial charge in [0.25, 0.3) is 11.5 Å². The Balaban J connectivity index is 1.46. The number of amides is 1. The highest BCUT2D eigenvalue weighted by molar-refractivity contribution is 5.94. The molecule has 1 amide bonds. The molecule has 7 heteroatoms. The summed E-state index contributed by atoms with van der Waals surface area (Å²) in [5, 5.41) is 3.76. The van der Waals surface area contributed by atoms with E-state index in [0.29, 0.717) is 29.4 Å². The largest absolute Gasteiger partial charge is 0.348 e. The van der Waals surface area contributed by atoms with Gasteiger partial charge in [0.05, 0.1) is 11.4 Å². The van der Waals surface area contributed by atoms with Gasteiger partial charge in [0.15, 0.2) is 5.65 Å². The molecule has 1 aliphatic rings. The first kappa shape index (κ1) is 20.9. The maximum atomic E-state index is 12.9. The molecule has 0 radical (unpaired) electrons. The molecule has 3 heterocycles. The third kappa shape index (κ3) is 4.22. The first-order chi connectivity index (χ1) is 16.1. The van der Waals surface area contributed by atoms with Gasteiger partial charge in [0, 0.05) is 36.7 Å². The Morgan fingerprint density at radius 2 is 1.67 bits per heavy atom. The van der Waals surface area contributed by atoms with Gasteiger partial charge in [0.2, 0.25) is 5.95 Å². The first-order valence-corrected chi connectivity index (χ1v) is 11.2. The second-order valence-electron chi connectivity index (χ2n) is 8.26. The second kappa shape index (κ2) is 8.86. The summed E-state index contributed by atoms with van der Waals surface area (Å²) in [6.45, 7) is 4.25. The van der Waals surface area contributed by atoms with Gasteiger partial charge in [-0.1, -0.05) is 30.3 Å². The number of rotatable bonds is 5. The van der Waals surface area contributed by atoms with Gasteiger partial charge in [-0.25, -0.2) is 4.98 Å². The quantitative estimate of drug-likeness (QED) is 0.514. The van der Waals surface area contributed by atoms with Crippen molar-refractivity contribution in [1.29, 1.82) is 0 Å². The lowest BCUT2D eigenvalue weighted by molar-refractivity contribution is 0.0951. The van der Waals surface area contributed by atoms with Crippen LogP contribution in [0.5, 0.6) is 0 Å². The van der Waals surface area contributed by atoms with E-state index in [9.17, 15) is 9.59 Å². The van der Waals surface area contributed by atoms with Gasteiger partial charge < -0.3 is 10.2 Å². The standard InChI is InChI=1S/C26H25N5O2/c1-18-22-13-14-23(32)31(24(22)29-26(28-18)30-15-5-6-16-30)21-11-9-20(10-12-21)25(33)27-17-19-7-3-2-4-8-19/h2-4,7-14H,5-6,15-17H2,1H3,(H,27,33). The van der Waals surface area contributed by atoms with Crippen molar-refractivity contribution in [3.8, 4) is 5.69 Å². The molecule has 1 aliphatic heterocycles. The smallest absolute Gasteiger partial charge is 0.256 e. The highest BCUT2D eigenvalue weighted by Gasteiger charge is 2.18. The Labute approximate surface area is 191 Å². The van der Waals surface area contributed by atoms with Crippen LogP contribution in [0.15, 0.2) is 71.5 Å². The Morgan fingerprint density at radius 1 is 0.939 bits per heavy atom. The summed E-state index contributed by atoms with van der Waals surface area (Å²) in [4.78, 5) is 37.1. The number of hydrogen-bond donors (Lipinski definition) is 1. The van der Waals surface area contributed by atoms with E-state index >= 15 is 0 Å². The third-order valence-corrected chi connectivity index (χ3v) is 6.00. The Morgan fingerprint density at radius 3 is 2.39 bits per heavy atom. The van der Waals surface area contributed by atoms with Crippen LogP contribution in [0.2, 0.25) is 0 Å². The topological polar surface area (TPSA) is 80.1 Å². The molecule has 33 heavy (non-hydrogen) atoms. The van der Waals surface area contributed by atoms with Crippen LogP contribution in [-0.4, -0.2) is 33.5 Å². The molecule has 0 saturated carbocycles. The predicted molar refractivity (Wildman–Crippen MR) is 129 cm³/mol. The fourth-order valence-electron chi connectivity index (χ4n) is 4.20. The van der Waals surface area contributed by atoms with E-state index in [0.717, 1.165) is 42.6 Å². The van der Waals surface area contributed by atoms with Crippen LogP contribution < -0.4 is 15.8 Å². The lowest BCUT2D eigenvalue weighted by Crippen LogP contribution is -2.24. The fraction of sp³-hybridized carbons (Fsp3) is 0.231. The monoisotopic (exact) mass is 439 g/mol. The third-order valence-electron chi connectivity index (χ3n) is 6.00. The van der Waals surface area contributed by atoms with Crippen molar-refractivity contribution in [3.05, 3.63) is 93.9 Å². The Hall–Kier alpha value is -4.00. The van der Waals surface area contributed by atoms with Gasteiger partial charge in [0.1, 0.15) is 0 Å². The molecule has 2 aromatic heterocycles. The number of pyridine rings is 1. The highest BCUT2D eigenvalue weighted by Crippen LogP contribution is 2.23. The lowest BCUT2D eigenvalue weighted by Gasteiger charge is -2.18. The van der Waals surface area contributed by atoms with E-state index in [-0.39, 0.29) is 11.5 Å². The molecule has 1 N–H and O–H groups in total. The van der Waals surface area contributed by atoms with Crippen molar-refractivity contribution in [2.24, 2.45) is 0 Å². The number of carbonyl (C=O) groups is 1. The summed E-state index contributed by atoms with van der Waals surface area (Å²) in [7, 11) is 0. The van der Waals surface area contributed by atoms with Crippen molar-refractivity contribution in [1.82, 2.24) is 19.9 Å². The minimum Gasteiger partial charge on any atom is -0.348 e. The molecule has 0 aliphatic carbocycles. The summed E-state index contributed by atoms with van der Waals surface area (Å²) in [6.07, 6.45) is 2.24. The first-order valence-electron chi connectivity index (χ1n) is 11.2.